The lowest BCUT2D eigenvalue weighted by Crippen LogP contribution is -2.31. The van der Waals surface area contributed by atoms with Gasteiger partial charge in [0.15, 0.2) is 0 Å². The largest absolute Gasteiger partial charge is 0.466 e. The van der Waals surface area contributed by atoms with Crippen LogP contribution >= 0.6 is 0 Å². The molecule has 0 bridgehead atoms. The lowest BCUT2D eigenvalue weighted by molar-refractivity contribution is -0.156. The van der Waals surface area contributed by atoms with E-state index in [1.165, 1.54) is 13.3 Å². The van der Waals surface area contributed by atoms with Crippen molar-refractivity contribution in [2.24, 2.45) is 5.92 Å². The molecule has 4 nitrogen and oxygen atoms in total. The number of carbonyl (C=O) groups is 2. The van der Waals surface area contributed by atoms with Crippen molar-refractivity contribution in [2.45, 2.75) is 58.5 Å². The second-order valence-corrected chi connectivity index (χ2v) is 4.56. The summed E-state index contributed by atoms with van der Waals surface area (Å²) in [6.45, 7) is 3.54. The molecule has 0 aromatic rings. The van der Waals surface area contributed by atoms with Crippen LogP contribution in [0.1, 0.15) is 52.4 Å². The molecule has 0 N–H and O–H groups in total. The van der Waals surface area contributed by atoms with Gasteiger partial charge in [-0.05, 0) is 25.7 Å². The third-order valence-corrected chi connectivity index (χ3v) is 3.17. The summed E-state index contributed by atoms with van der Waals surface area (Å²) in [5, 5.41) is 0. The minimum absolute atomic E-state index is 0.193. The molecule has 17 heavy (non-hydrogen) atoms. The van der Waals surface area contributed by atoms with Gasteiger partial charge in [-0.25, -0.2) is 0 Å². The van der Waals surface area contributed by atoms with E-state index in [-0.39, 0.29) is 24.5 Å². The maximum Gasteiger partial charge on any atom is 0.309 e. The fourth-order valence-electron chi connectivity index (χ4n) is 2.41. The molecule has 0 aromatic heterocycles. The molecule has 1 fully saturated rings. The van der Waals surface area contributed by atoms with Gasteiger partial charge in [-0.15, -0.1) is 0 Å². The summed E-state index contributed by atoms with van der Waals surface area (Å²) in [6, 6.07) is 0. The molecule has 0 aromatic carbocycles. The van der Waals surface area contributed by atoms with Gasteiger partial charge < -0.3 is 9.47 Å². The van der Waals surface area contributed by atoms with Crippen LogP contribution in [0.15, 0.2) is 0 Å². The molecule has 1 rings (SSSR count). The van der Waals surface area contributed by atoms with Gasteiger partial charge in [-0.1, -0.05) is 19.3 Å². The second-order valence-electron chi connectivity index (χ2n) is 4.56. The highest BCUT2D eigenvalue weighted by atomic mass is 16.6. The third-order valence-electron chi connectivity index (χ3n) is 3.17. The van der Waals surface area contributed by atoms with Crippen LogP contribution in [-0.2, 0) is 19.1 Å². The normalized spacial score (nSPS) is 18.5. The Hall–Kier alpha value is -1.06. The van der Waals surface area contributed by atoms with E-state index in [9.17, 15) is 9.59 Å². The lowest BCUT2D eigenvalue weighted by Gasteiger charge is -2.29. The average Bonchev–Trinajstić information content (AvgIpc) is 2.29. The van der Waals surface area contributed by atoms with E-state index < -0.39 is 0 Å². The minimum Gasteiger partial charge on any atom is -0.466 e. The quantitative estimate of drug-likeness (QED) is 0.695. The molecule has 0 unspecified atom stereocenters. The first-order valence-corrected chi connectivity index (χ1v) is 6.46. The Bertz CT molecular complexity index is 256. The van der Waals surface area contributed by atoms with E-state index in [2.05, 4.69) is 0 Å². The number of rotatable bonds is 5. The fourth-order valence-corrected chi connectivity index (χ4v) is 2.41. The van der Waals surface area contributed by atoms with E-state index in [4.69, 9.17) is 9.47 Å². The Morgan fingerprint density at radius 1 is 1.24 bits per heavy atom. The molecular weight excluding hydrogens is 220 g/mol. The van der Waals surface area contributed by atoms with E-state index in [0.717, 1.165) is 25.7 Å². The maximum absolute atomic E-state index is 11.5. The van der Waals surface area contributed by atoms with Gasteiger partial charge in [0.2, 0.25) is 0 Å². The first-order valence-electron chi connectivity index (χ1n) is 6.46. The molecule has 4 heteroatoms. The Balaban J connectivity index is 2.52. The van der Waals surface area contributed by atoms with Crippen LogP contribution in [-0.4, -0.2) is 24.6 Å². The lowest BCUT2D eigenvalue weighted by atomic mass is 9.84. The second kappa shape index (κ2) is 7.30. The van der Waals surface area contributed by atoms with Crippen LogP contribution in [0.2, 0.25) is 0 Å². The van der Waals surface area contributed by atoms with Crippen LogP contribution in [0.4, 0.5) is 0 Å². The first kappa shape index (κ1) is 14.0. The van der Waals surface area contributed by atoms with Crippen molar-refractivity contribution in [2.75, 3.05) is 6.61 Å². The molecule has 1 saturated carbocycles. The third kappa shape index (κ3) is 5.20. The molecule has 0 heterocycles. The van der Waals surface area contributed by atoms with Crippen LogP contribution in [0.3, 0.4) is 0 Å². The molecular formula is C13H22O4. The van der Waals surface area contributed by atoms with E-state index in [1.54, 1.807) is 6.92 Å². The minimum atomic E-state index is -0.315. The van der Waals surface area contributed by atoms with Crippen molar-refractivity contribution in [1.82, 2.24) is 0 Å². The molecule has 98 valence electrons. The number of ether oxygens (including phenoxy) is 2. The van der Waals surface area contributed by atoms with Gasteiger partial charge in [0.25, 0.3) is 0 Å². The van der Waals surface area contributed by atoms with E-state index >= 15 is 0 Å². The molecule has 0 saturated heterocycles. The summed E-state index contributed by atoms with van der Waals surface area (Å²) in [6.07, 6.45) is 5.53. The molecule has 1 aliphatic rings. The van der Waals surface area contributed by atoms with Gasteiger partial charge >= 0.3 is 11.9 Å². The van der Waals surface area contributed by atoms with Crippen LogP contribution in [0, 0.1) is 5.92 Å². The van der Waals surface area contributed by atoms with Crippen LogP contribution in [0.25, 0.3) is 0 Å². The Morgan fingerprint density at radius 3 is 2.41 bits per heavy atom. The van der Waals surface area contributed by atoms with Crippen molar-refractivity contribution in [3.63, 3.8) is 0 Å². The SMILES string of the molecule is CCOC(=O)C[C@@H](OC(C)=O)C1CCCCC1. The predicted molar refractivity (Wildman–Crippen MR) is 63.4 cm³/mol. The predicted octanol–water partition coefficient (Wildman–Crippen LogP) is 2.45. The topological polar surface area (TPSA) is 52.6 Å². The van der Waals surface area contributed by atoms with Crippen molar-refractivity contribution < 1.29 is 19.1 Å². The monoisotopic (exact) mass is 242 g/mol. The molecule has 0 radical (unpaired) electrons. The zero-order chi connectivity index (χ0) is 12.7. The summed E-state index contributed by atoms with van der Waals surface area (Å²) < 4.78 is 10.2. The van der Waals surface area contributed by atoms with Gasteiger partial charge in [0.05, 0.1) is 13.0 Å². The maximum atomic E-state index is 11.5. The smallest absolute Gasteiger partial charge is 0.309 e. The summed E-state index contributed by atoms with van der Waals surface area (Å²) >= 11 is 0. The molecule has 0 amide bonds. The molecule has 1 aliphatic carbocycles. The van der Waals surface area contributed by atoms with Crippen LogP contribution < -0.4 is 0 Å². The molecule has 0 spiro atoms. The van der Waals surface area contributed by atoms with Gasteiger partial charge in [0.1, 0.15) is 6.10 Å². The number of esters is 2. The van der Waals surface area contributed by atoms with Crippen molar-refractivity contribution in [3.8, 4) is 0 Å². The molecule has 1 atom stereocenters. The highest BCUT2D eigenvalue weighted by Crippen LogP contribution is 2.29. The summed E-state index contributed by atoms with van der Waals surface area (Å²) in [5.74, 6) is -0.272. The average molecular weight is 242 g/mol. The zero-order valence-corrected chi connectivity index (χ0v) is 10.7. The Morgan fingerprint density at radius 2 is 1.88 bits per heavy atom. The van der Waals surface area contributed by atoms with Crippen molar-refractivity contribution in [1.29, 1.82) is 0 Å². The standard InChI is InChI=1S/C13H22O4/c1-3-16-13(15)9-12(17-10(2)14)11-7-5-4-6-8-11/h11-12H,3-9H2,1-2H3/t12-/m1/s1. The Labute approximate surface area is 103 Å². The van der Waals surface area contributed by atoms with Crippen LogP contribution in [0.5, 0.6) is 0 Å². The van der Waals surface area contributed by atoms with Crippen molar-refractivity contribution in [3.05, 3.63) is 0 Å². The fraction of sp³-hybridized carbons (Fsp3) is 0.846. The first-order chi connectivity index (χ1) is 8.13. The Kier molecular flexibility index (Phi) is 6.01. The number of carbonyl (C=O) groups excluding carboxylic acids is 2. The summed E-state index contributed by atoms with van der Waals surface area (Å²) in [4.78, 5) is 22.5. The van der Waals surface area contributed by atoms with E-state index in [0.29, 0.717) is 12.5 Å². The highest BCUT2D eigenvalue weighted by molar-refractivity contribution is 5.71. The van der Waals surface area contributed by atoms with Gasteiger partial charge in [0, 0.05) is 6.92 Å². The number of hydrogen-bond donors (Lipinski definition) is 0. The molecule has 0 aliphatic heterocycles. The highest BCUT2D eigenvalue weighted by Gasteiger charge is 2.28. The van der Waals surface area contributed by atoms with Gasteiger partial charge in [-0.2, -0.15) is 0 Å². The zero-order valence-electron chi connectivity index (χ0n) is 10.7. The summed E-state index contributed by atoms with van der Waals surface area (Å²) in [7, 11) is 0. The van der Waals surface area contributed by atoms with Crippen molar-refractivity contribution >= 4 is 11.9 Å². The van der Waals surface area contributed by atoms with Gasteiger partial charge in [-0.3, -0.25) is 9.59 Å². The summed E-state index contributed by atoms with van der Waals surface area (Å²) in [5.41, 5.74) is 0. The van der Waals surface area contributed by atoms with E-state index in [1.807, 2.05) is 0 Å². The number of hydrogen-bond acceptors (Lipinski definition) is 4.